The zero-order chi connectivity index (χ0) is 10.5. The van der Waals surface area contributed by atoms with E-state index in [1.807, 2.05) is 0 Å². The zero-order valence-corrected chi connectivity index (χ0v) is 8.96. The number of hydrogen-bond acceptors (Lipinski definition) is 3. The van der Waals surface area contributed by atoms with Gasteiger partial charge in [-0.2, -0.15) is 0 Å². The molecule has 0 aliphatic carbocycles. The van der Waals surface area contributed by atoms with Gasteiger partial charge >= 0.3 is 5.97 Å². The van der Waals surface area contributed by atoms with Crippen LogP contribution in [0.15, 0.2) is 0 Å². The first-order chi connectivity index (χ1) is 6.00. The lowest BCUT2D eigenvalue weighted by Gasteiger charge is -2.26. The lowest BCUT2D eigenvalue weighted by Crippen LogP contribution is -2.34. The molecular weight excluding hydrogens is 168 g/mol. The largest absolute Gasteiger partial charge is 0.469 e. The Kier molecular flexibility index (Phi) is 4.99. The molecule has 0 aromatic rings. The molecule has 13 heavy (non-hydrogen) atoms. The van der Waals surface area contributed by atoms with Crippen molar-refractivity contribution in [3.05, 3.63) is 0 Å². The summed E-state index contributed by atoms with van der Waals surface area (Å²) in [5, 5.41) is 9.13. The quantitative estimate of drug-likeness (QED) is 0.666. The van der Waals surface area contributed by atoms with Gasteiger partial charge in [-0.25, -0.2) is 0 Å². The van der Waals surface area contributed by atoms with Gasteiger partial charge in [0.15, 0.2) is 0 Å². The predicted octanol–water partition coefficient (Wildman–Crippen LogP) is 1.59. The van der Waals surface area contributed by atoms with Crippen LogP contribution in [-0.4, -0.2) is 24.8 Å². The van der Waals surface area contributed by atoms with E-state index in [4.69, 9.17) is 5.11 Å². The molecule has 78 valence electrons. The Hall–Kier alpha value is -0.570. The Bertz CT molecular complexity index is 168. The molecule has 0 radical (unpaired) electrons. The van der Waals surface area contributed by atoms with Crippen molar-refractivity contribution >= 4 is 5.97 Å². The molecule has 3 heteroatoms. The zero-order valence-electron chi connectivity index (χ0n) is 8.96. The molecule has 1 N–H and O–H groups in total. The van der Waals surface area contributed by atoms with E-state index in [-0.39, 0.29) is 12.6 Å². The Morgan fingerprint density at radius 2 is 2.15 bits per heavy atom. The van der Waals surface area contributed by atoms with Crippen molar-refractivity contribution < 1.29 is 14.6 Å². The summed E-state index contributed by atoms with van der Waals surface area (Å²) in [5.41, 5.74) is -0.732. The van der Waals surface area contributed by atoms with Crippen molar-refractivity contribution in [2.75, 3.05) is 13.7 Å². The third-order valence-electron chi connectivity index (χ3n) is 2.52. The van der Waals surface area contributed by atoms with Crippen LogP contribution in [0.5, 0.6) is 0 Å². The Balaban J connectivity index is 4.35. The van der Waals surface area contributed by atoms with Crippen LogP contribution in [0.3, 0.4) is 0 Å². The molecule has 3 nitrogen and oxygen atoms in total. The number of aliphatic hydroxyl groups excluding tert-OH is 1. The highest BCUT2D eigenvalue weighted by Gasteiger charge is 2.34. The number of rotatable bonds is 5. The van der Waals surface area contributed by atoms with Gasteiger partial charge in [-0.05, 0) is 19.3 Å². The van der Waals surface area contributed by atoms with E-state index >= 15 is 0 Å². The summed E-state index contributed by atoms with van der Waals surface area (Å²) in [6.07, 6.45) is 1.68. The van der Waals surface area contributed by atoms with Crippen molar-refractivity contribution in [3.8, 4) is 0 Å². The summed E-state index contributed by atoms with van der Waals surface area (Å²) < 4.78 is 4.65. The molecule has 0 heterocycles. The first-order valence-electron chi connectivity index (χ1n) is 4.69. The van der Waals surface area contributed by atoms with Crippen LogP contribution in [0, 0.1) is 11.3 Å². The first kappa shape index (κ1) is 12.4. The third kappa shape index (κ3) is 3.35. The van der Waals surface area contributed by atoms with Gasteiger partial charge in [0.05, 0.1) is 19.1 Å². The predicted molar refractivity (Wildman–Crippen MR) is 51.3 cm³/mol. The maximum Gasteiger partial charge on any atom is 0.313 e. The van der Waals surface area contributed by atoms with Crippen LogP contribution in [-0.2, 0) is 9.53 Å². The molecule has 0 amide bonds. The van der Waals surface area contributed by atoms with Crippen molar-refractivity contribution in [3.63, 3.8) is 0 Å². The molecule has 0 aromatic carbocycles. The van der Waals surface area contributed by atoms with Crippen LogP contribution < -0.4 is 0 Å². The van der Waals surface area contributed by atoms with Crippen LogP contribution in [0.1, 0.15) is 33.6 Å². The minimum absolute atomic E-state index is 0.149. The van der Waals surface area contributed by atoms with Crippen LogP contribution in [0.4, 0.5) is 0 Å². The van der Waals surface area contributed by atoms with E-state index in [0.29, 0.717) is 12.3 Å². The summed E-state index contributed by atoms with van der Waals surface area (Å²) in [7, 11) is 1.35. The fourth-order valence-electron chi connectivity index (χ4n) is 1.37. The summed E-state index contributed by atoms with van der Waals surface area (Å²) in [6, 6.07) is 0. The van der Waals surface area contributed by atoms with E-state index in [1.165, 1.54) is 7.11 Å². The third-order valence-corrected chi connectivity index (χ3v) is 2.52. The molecule has 0 rings (SSSR count). The summed E-state index contributed by atoms with van der Waals surface area (Å²) in [5.74, 6) is 0.103. The molecule has 2 unspecified atom stereocenters. The number of aliphatic hydroxyl groups is 1. The van der Waals surface area contributed by atoms with E-state index in [9.17, 15) is 4.79 Å². The number of carbonyl (C=O) groups is 1. The van der Waals surface area contributed by atoms with Gasteiger partial charge < -0.3 is 9.84 Å². The topological polar surface area (TPSA) is 46.5 Å². The van der Waals surface area contributed by atoms with Crippen LogP contribution in [0.25, 0.3) is 0 Å². The molecule has 0 spiro atoms. The van der Waals surface area contributed by atoms with Gasteiger partial charge in [-0.3, -0.25) is 4.79 Å². The van der Waals surface area contributed by atoms with Crippen molar-refractivity contribution in [1.82, 2.24) is 0 Å². The lowest BCUT2D eigenvalue weighted by molar-refractivity contribution is -0.155. The second kappa shape index (κ2) is 5.22. The van der Waals surface area contributed by atoms with Crippen molar-refractivity contribution in [2.24, 2.45) is 11.3 Å². The average Bonchev–Trinajstić information content (AvgIpc) is 2.15. The van der Waals surface area contributed by atoms with Crippen molar-refractivity contribution in [2.45, 2.75) is 33.6 Å². The number of methoxy groups -OCH3 is 1. The SMILES string of the molecule is CCC(C)CC(C)(CO)C(=O)OC. The summed E-state index contributed by atoms with van der Waals surface area (Å²) in [6.45, 7) is 5.73. The summed E-state index contributed by atoms with van der Waals surface area (Å²) in [4.78, 5) is 11.3. The second-order valence-electron chi connectivity index (χ2n) is 3.93. The number of ether oxygens (including phenoxy) is 1. The highest BCUT2D eigenvalue weighted by molar-refractivity contribution is 5.76. The lowest BCUT2D eigenvalue weighted by atomic mass is 9.81. The van der Waals surface area contributed by atoms with Gasteiger partial charge in [0.2, 0.25) is 0 Å². The molecule has 0 saturated heterocycles. The smallest absolute Gasteiger partial charge is 0.313 e. The molecule has 0 saturated carbocycles. The van der Waals surface area contributed by atoms with Gasteiger partial charge in [-0.15, -0.1) is 0 Å². The Morgan fingerprint density at radius 3 is 2.46 bits per heavy atom. The highest BCUT2D eigenvalue weighted by atomic mass is 16.5. The monoisotopic (exact) mass is 188 g/mol. The Morgan fingerprint density at radius 1 is 1.62 bits per heavy atom. The summed E-state index contributed by atoms with van der Waals surface area (Å²) >= 11 is 0. The molecule has 0 bridgehead atoms. The van der Waals surface area contributed by atoms with Crippen LogP contribution >= 0.6 is 0 Å². The molecule has 0 aliphatic rings. The van der Waals surface area contributed by atoms with E-state index in [1.54, 1.807) is 6.92 Å². The Labute approximate surface area is 80.1 Å². The van der Waals surface area contributed by atoms with E-state index < -0.39 is 5.41 Å². The number of hydrogen-bond donors (Lipinski definition) is 1. The van der Waals surface area contributed by atoms with Crippen molar-refractivity contribution in [1.29, 1.82) is 0 Å². The first-order valence-corrected chi connectivity index (χ1v) is 4.69. The second-order valence-corrected chi connectivity index (χ2v) is 3.93. The van der Waals surface area contributed by atoms with Gasteiger partial charge in [0.25, 0.3) is 0 Å². The minimum Gasteiger partial charge on any atom is -0.469 e. The standard InChI is InChI=1S/C10H20O3/c1-5-8(2)6-10(3,7-11)9(12)13-4/h8,11H,5-7H2,1-4H3. The molecule has 0 aliphatic heterocycles. The highest BCUT2D eigenvalue weighted by Crippen LogP contribution is 2.28. The van der Waals surface area contributed by atoms with Crippen LogP contribution in [0.2, 0.25) is 0 Å². The number of carbonyl (C=O) groups excluding carboxylic acids is 1. The molecule has 0 fully saturated rings. The average molecular weight is 188 g/mol. The van der Waals surface area contributed by atoms with Gasteiger partial charge in [0.1, 0.15) is 0 Å². The minimum atomic E-state index is -0.732. The molecule has 0 aromatic heterocycles. The van der Waals surface area contributed by atoms with E-state index in [0.717, 1.165) is 6.42 Å². The van der Waals surface area contributed by atoms with E-state index in [2.05, 4.69) is 18.6 Å². The maximum atomic E-state index is 11.3. The normalized spacial score (nSPS) is 17.6. The fraction of sp³-hybridized carbons (Fsp3) is 0.900. The van der Waals surface area contributed by atoms with Gasteiger partial charge in [0, 0.05) is 0 Å². The van der Waals surface area contributed by atoms with Gasteiger partial charge in [-0.1, -0.05) is 20.3 Å². The molecular formula is C10H20O3. The fourth-order valence-corrected chi connectivity index (χ4v) is 1.37. The maximum absolute atomic E-state index is 11.3. The molecule has 2 atom stereocenters. The number of esters is 1.